The van der Waals surface area contributed by atoms with Gasteiger partial charge in [-0.1, -0.05) is 48.5 Å². The molecule has 0 amide bonds. The highest BCUT2D eigenvalue weighted by molar-refractivity contribution is 6.16. The van der Waals surface area contributed by atoms with Crippen molar-refractivity contribution < 1.29 is 0 Å². The van der Waals surface area contributed by atoms with Crippen molar-refractivity contribution >= 4 is 11.6 Å². The summed E-state index contributed by atoms with van der Waals surface area (Å²) in [4.78, 5) is 4.50. The van der Waals surface area contributed by atoms with Crippen LogP contribution in [0.4, 0.5) is 0 Å². The molecule has 0 saturated carbocycles. The van der Waals surface area contributed by atoms with Gasteiger partial charge in [-0.25, -0.2) is 9.67 Å². The first-order chi connectivity index (χ1) is 9.38. The fourth-order valence-electron chi connectivity index (χ4n) is 1.92. The molecule has 0 spiro atoms. The van der Waals surface area contributed by atoms with Crippen LogP contribution in [0, 0.1) is 0 Å². The van der Waals surface area contributed by atoms with Gasteiger partial charge in [0.15, 0.2) is 5.82 Å². The Balaban J connectivity index is 2.09. The highest BCUT2D eigenvalue weighted by Gasteiger charge is 2.11. The molecule has 3 rings (SSSR count). The first kappa shape index (κ1) is 11.9. The maximum Gasteiger partial charge on any atom is 0.181 e. The molecule has 0 aliphatic carbocycles. The summed E-state index contributed by atoms with van der Waals surface area (Å²) >= 11 is 5.96. The van der Waals surface area contributed by atoms with Gasteiger partial charge in [0.1, 0.15) is 5.82 Å². The fraction of sp³-hybridized carbons (Fsp3) is 0.0667. The van der Waals surface area contributed by atoms with Crippen LogP contribution >= 0.6 is 11.6 Å². The average molecular weight is 270 g/mol. The molecule has 3 nitrogen and oxygen atoms in total. The van der Waals surface area contributed by atoms with E-state index in [2.05, 4.69) is 10.1 Å². The third kappa shape index (κ3) is 2.37. The van der Waals surface area contributed by atoms with Crippen molar-refractivity contribution in [2.24, 2.45) is 0 Å². The second-order valence-electron chi connectivity index (χ2n) is 4.10. The van der Waals surface area contributed by atoms with Crippen LogP contribution in [0.5, 0.6) is 0 Å². The standard InChI is InChI=1S/C15H12ClN3/c16-11-14-17-15(12-7-3-1-4-8-12)18-19(14)13-9-5-2-6-10-13/h1-10H,11H2. The van der Waals surface area contributed by atoms with Gasteiger partial charge >= 0.3 is 0 Å². The van der Waals surface area contributed by atoms with Crippen molar-refractivity contribution in [2.75, 3.05) is 0 Å². The van der Waals surface area contributed by atoms with E-state index in [-0.39, 0.29) is 0 Å². The van der Waals surface area contributed by atoms with Crippen LogP contribution in [0.25, 0.3) is 17.1 Å². The molecule has 0 fully saturated rings. The lowest BCUT2D eigenvalue weighted by atomic mass is 10.2. The zero-order valence-electron chi connectivity index (χ0n) is 10.2. The molecular weight excluding hydrogens is 258 g/mol. The van der Waals surface area contributed by atoms with Crippen molar-refractivity contribution in [2.45, 2.75) is 5.88 Å². The average Bonchev–Trinajstić information content (AvgIpc) is 2.93. The number of alkyl halides is 1. The van der Waals surface area contributed by atoms with Gasteiger partial charge in [0.25, 0.3) is 0 Å². The van der Waals surface area contributed by atoms with Gasteiger partial charge < -0.3 is 0 Å². The maximum atomic E-state index is 5.96. The Labute approximate surface area is 116 Å². The predicted molar refractivity (Wildman–Crippen MR) is 76.4 cm³/mol. The first-order valence-corrected chi connectivity index (χ1v) is 6.54. The second-order valence-corrected chi connectivity index (χ2v) is 4.37. The van der Waals surface area contributed by atoms with Crippen molar-refractivity contribution in [3.63, 3.8) is 0 Å². The van der Waals surface area contributed by atoms with Crippen molar-refractivity contribution in [3.05, 3.63) is 66.5 Å². The lowest BCUT2D eigenvalue weighted by molar-refractivity contribution is 0.834. The number of rotatable bonds is 3. The highest BCUT2D eigenvalue weighted by atomic mass is 35.5. The van der Waals surface area contributed by atoms with Crippen LogP contribution in [0.2, 0.25) is 0 Å². The van der Waals surface area contributed by atoms with Gasteiger partial charge in [0.2, 0.25) is 0 Å². The monoisotopic (exact) mass is 269 g/mol. The van der Waals surface area contributed by atoms with Gasteiger partial charge in [0.05, 0.1) is 11.6 Å². The number of aromatic nitrogens is 3. The van der Waals surface area contributed by atoms with Crippen LogP contribution in [-0.4, -0.2) is 14.8 Å². The summed E-state index contributed by atoms with van der Waals surface area (Å²) in [6, 6.07) is 19.8. The van der Waals surface area contributed by atoms with Crippen molar-refractivity contribution in [3.8, 4) is 17.1 Å². The highest BCUT2D eigenvalue weighted by Crippen LogP contribution is 2.18. The van der Waals surface area contributed by atoms with Gasteiger partial charge in [-0.15, -0.1) is 16.7 Å². The molecular formula is C15H12ClN3. The summed E-state index contributed by atoms with van der Waals surface area (Å²) in [5, 5.41) is 4.54. The normalized spacial score (nSPS) is 10.6. The lowest BCUT2D eigenvalue weighted by Crippen LogP contribution is -2.00. The zero-order chi connectivity index (χ0) is 13.1. The molecule has 1 aromatic heterocycles. The molecule has 0 aliphatic rings. The Morgan fingerprint density at radius 3 is 2.16 bits per heavy atom. The van der Waals surface area contributed by atoms with Gasteiger partial charge in [0, 0.05) is 5.56 Å². The Hall–Kier alpha value is -2.13. The molecule has 3 aromatic rings. The third-order valence-corrected chi connectivity index (χ3v) is 3.07. The second kappa shape index (κ2) is 5.24. The quantitative estimate of drug-likeness (QED) is 0.679. The molecule has 2 aromatic carbocycles. The molecule has 0 N–H and O–H groups in total. The van der Waals surface area contributed by atoms with Gasteiger partial charge in [-0.05, 0) is 12.1 Å². The van der Waals surface area contributed by atoms with Crippen molar-refractivity contribution in [1.29, 1.82) is 0 Å². The van der Waals surface area contributed by atoms with Crippen LogP contribution in [0.15, 0.2) is 60.7 Å². The number of para-hydroxylation sites is 1. The van der Waals surface area contributed by atoms with Crippen LogP contribution < -0.4 is 0 Å². The molecule has 19 heavy (non-hydrogen) atoms. The SMILES string of the molecule is ClCc1nc(-c2ccccc2)nn1-c1ccccc1. The summed E-state index contributed by atoms with van der Waals surface area (Å²) in [5.74, 6) is 1.76. The van der Waals surface area contributed by atoms with E-state index < -0.39 is 0 Å². The molecule has 0 bridgehead atoms. The van der Waals surface area contributed by atoms with E-state index >= 15 is 0 Å². The van der Waals surface area contributed by atoms with E-state index in [1.807, 2.05) is 60.7 Å². The summed E-state index contributed by atoms with van der Waals surface area (Å²) in [5.41, 5.74) is 1.95. The van der Waals surface area contributed by atoms with Crippen LogP contribution in [0.3, 0.4) is 0 Å². The molecule has 0 unspecified atom stereocenters. The number of halogens is 1. The number of benzene rings is 2. The fourth-order valence-corrected chi connectivity index (χ4v) is 2.09. The number of hydrogen-bond donors (Lipinski definition) is 0. The largest absolute Gasteiger partial charge is 0.216 e. The Morgan fingerprint density at radius 2 is 1.53 bits per heavy atom. The zero-order valence-corrected chi connectivity index (χ0v) is 11.0. The van der Waals surface area contributed by atoms with Gasteiger partial charge in [-0.2, -0.15) is 0 Å². The smallest absolute Gasteiger partial charge is 0.181 e. The van der Waals surface area contributed by atoms with Crippen LogP contribution in [0.1, 0.15) is 5.82 Å². The van der Waals surface area contributed by atoms with Crippen LogP contribution in [-0.2, 0) is 5.88 Å². The predicted octanol–water partition coefficient (Wildman–Crippen LogP) is 3.67. The molecule has 4 heteroatoms. The summed E-state index contributed by atoms with van der Waals surface area (Å²) in [7, 11) is 0. The molecule has 0 saturated heterocycles. The van der Waals surface area contributed by atoms with E-state index in [4.69, 9.17) is 11.6 Å². The Bertz CT molecular complexity index is 662. The van der Waals surface area contributed by atoms with Gasteiger partial charge in [-0.3, -0.25) is 0 Å². The Kier molecular flexibility index (Phi) is 3.29. The molecule has 1 heterocycles. The van der Waals surface area contributed by atoms with E-state index in [0.29, 0.717) is 11.7 Å². The van der Waals surface area contributed by atoms with Crippen molar-refractivity contribution in [1.82, 2.24) is 14.8 Å². The van der Waals surface area contributed by atoms with E-state index in [9.17, 15) is 0 Å². The first-order valence-electron chi connectivity index (χ1n) is 6.01. The minimum atomic E-state index is 0.328. The van der Waals surface area contributed by atoms with E-state index in [1.54, 1.807) is 4.68 Å². The van der Waals surface area contributed by atoms with E-state index in [0.717, 1.165) is 17.1 Å². The summed E-state index contributed by atoms with van der Waals surface area (Å²) in [6.45, 7) is 0. The lowest BCUT2D eigenvalue weighted by Gasteiger charge is -2.02. The number of hydrogen-bond acceptors (Lipinski definition) is 2. The molecule has 0 aliphatic heterocycles. The maximum absolute atomic E-state index is 5.96. The minimum absolute atomic E-state index is 0.328. The number of nitrogens with zero attached hydrogens (tertiary/aromatic N) is 3. The third-order valence-electron chi connectivity index (χ3n) is 2.83. The molecule has 94 valence electrons. The Morgan fingerprint density at radius 1 is 0.895 bits per heavy atom. The molecule has 0 radical (unpaired) electrons. The topological polar surface area (TPSA) is 30.7 Å². The summed E-state index contributed by atoms with van der Waals surface area (Å²) in [6.07, 6.45) is 0. The molecule has 0 atom stereocenters. The summed E-state index contributed by atoms with van der Waals surface area (Å²) < 4.78 is 1.79. The van der Waals surface area contributed by atoms with E-state index in [1.165, 1.54) is 0 Å². The minimum Gasteiger partial charge on any atom is -0.216 e.